The second kappa shape index (κ2) is 10.1. The molecule has 1 heterocycles. The summed E-state index contributed by atoms with van der Waals surface area (Å²) in [5, 5.41) is 0. The first kappa shape index (κ1) is 19.4. The van der Waals surface area contributed by atoms with E-state index in [1.807, 2.05) is 36.4 Å². The lowest BCUT2D eigenvalue weighted by Crippen LogP contribution is -3.14. The van der Waals surface area contributed by atoms with Crippen LogP contribution in [0.1, 0.15) is 12.8 Å². The molecule has 0 aromatic heterocycles. The van der Waals surface area contributed by atoms with Crippen molar-refractivity contribution in [2.24, 2.45) is 0 Å². The minimum absolute atomic E-state index is 0.737. The summed E-state index contributed by atoms with van der Waals surface area (Å²) in [4.78, 5) is 4.12. The smallest absolute Gasteiger partial charge is 0.161 e. The lowest BCUT2D eigenvalue weighted by Gasteiger charge is -2.34. The molecule has 0 unspecified atom stereocenters. The summed E-state index contributed by atoms with van der Waals surface area (Å²) in [5.74, 6) is 2.60. The number of nitrogens with one attached hydrogen (secondary N) is 1. The Bertz CT molecular complexity index is 699. The predicted molar refractivity (Wildman–Crippen MR) is 108 cm³/mol. The number of unbranched alkanes of at least 4 members (excludes halogenated alkanes) is 1. The zero-order valence-corrected chi connectivity index (χ0v) is 16.4. The molecule has 0 atom stereocenters. The van der Waals surface area contributed by atoms with E-state index in [4.69, 9.17) is 14.2 Å². The molecule has 1 fully saturated rings. The summed E-state index contributed by atoms with van der Waals surface area (Å²) in [6, 6.07) is 16.1. The Hall–Kier alpha value is -2.40. The minimum atomic E-state index is 0.737. The summed E-state index contributed by atoms with van der Waals surface area (Å²) < 4.78 is 16.7. The van der Waals surface area contributed by atoms with E-state index in [-0.39, 0.29) is 0 Å². The molecule has 0 spiro atoms. The van der Waals surface area contributed by atoms with E-state index >= 15 is 0 Å². The highest BCUT2D eigenvalue weighted by atomic mass is 16.5. The molecule has 5 nitrogen and oxygen atoms in total. The maximum absolute atomic E-state index is 5.86. The molecule has 0 radical (unpaired) electrons. The van der Waals surface area contributed by atoms with Gasteiger partial charge in [0.15, 0.2) is 11.5 Å². The van der Waals surface area contributed by atoms with E-state index in [0.717, 1.165) is 43.4 Å². The zero-order valence-electron chi connectivity index (χ0n) is 16.4. The van der Waals surface area contributed by atoms with Crippen molar-refractivity contribution in [1.82, 2.24) is 0 Å². The molecule has 27 heavy (non-hydrogen) atoms. The van der Waals surface area contributed by atoms with Gasteiger partial charge in [0.2, 0.25) is 0 Å². The van der Waals surface area contributed by atoms with Gasteiger partial charge in [-0.3, -0.25) is 0 Å². The van der Waals surface area contributed by atoms with Gasteiger partial charge in [-0.05, 0) is 37.1 Å². The van der Waals surface area contributed by atoms with Gasteiger partial charge < -0.3 is 24.0 Å². The Kier molecular flexibility index (Phi) is 7.22. The van der Waals surface area contributed by atoms with Gasteiger partial charge in [0.05, 0.1) is 59.2 Å². The van der Waals surface area contributed by atoms with E-state index < -0.39 is 0 Å². The average molecular weight is 372 g/mol. The van der Waals surface area contributed by atoms with Crippen LogP contribution in [0.2, 0.25) is 0 Å². The number of anilines is 1. The fraction of sp³-hybridized carbons (Fsp3) is 0.455. The lowest BCUT2D eigenvalue weighted by molar-refractivity contribution is -0.900. The molecule has 2 aromatic carbocycles. The van der Waals surface area contributed by atoms with Crippen molar-refractivity contribution in [1.29, 1.82) is 0 Å². The highest BCUT2D eigenvalue weighted by molar-refractivity contribution is 5.58. The van der Waals surface area contributed by atoms with Gasteiger partial charge in [-0.15, -0.1) is 0 Å². The van der Waals surface area contributed by atoms with E-state index in [9.17, 15) is 0 Å². The standard InChI is InChI=1S/C22H30N2O3/c1-25-20-10-4-3-9-19(20)24-16-14-23(15-17-24)13-7-8-18-27-22-12-6-5-11-21(22)26-2/h3-6,9-12H,7-8,13-18H2,1-2H3/p+1. The predicted octanol–water partition coefficient (Wildman–Crippen LogP) is 2.27. The van der Waals surface area contributed by atoms with Gasteiger partial charge in [-0.1, -0.05) is 24.3 Å². The SMILES string of the molecule is COc1ccccc1OCCCC[NH+]1CCN(c2ccccc2OC)CC1. The number of methoxy groups -OCH3 is 2. The molecular weight excluding hydrogens is 340 g/mol. The molecule has 5 heteroatoms. The minimum Gasteiger partial charge on any atom is -0.495 e. The highest BCUT2D eigenvalue weighted by Crippen LogP contribution is 2.27. The van der Waals surface area contributed by atoms with Gasteiger partial charge in [-0.2, -0.15) is 0 Å². The zero-order chi connectivity index (χ0) is 18.9. The van der Waals surface area contributed by atoms with Gasteiger partial charge in [0.25, 0.3) is 0 Å². The third-order valence-corrected chi connectivity index (χ3v) is 5.15. The van der Waals surface area contributed by atoms with Crippen molar-refractivity contribution in [2.45, 2.75) is 12.8 Å². The number of para-hydroxylation sites is 4. The quantitative estimate of drug-likeness (QED) is 0.686. The van der Waals surface area contributed by atoms with E-state index in [1.165, 1.54) is 31.7 Å². The maximum atomic E-state index is 5.86. The van der Waals surface area contributed by atoms with Crippen LogP contribution in [0, 0.1) is 0 Å². The van der Waals surface area contributed by atoms with Gasteiger partial charge in [0, 0.05) is 0 Å². The first-order valence-electron chi connectivity index (χ1n) is 9.79. The lowest BCUT2D eigenvalue weighted by atomic mass is 10.2. The number of piperazine rings is 1. The van der Waals surface area contributed by atoms with Crippen LogP contribution in [0.5, 0.6) is 17.2 Å². The number of rotatable bonds is 9. The summed E-state index contributed by atoms with van der Waals surface area (Å²) in [5.41, 5.74) is 1.21. The van der Waals surface area contributed by atoms with E-state index in [1.54, 1.807) is 19.1 Å². The number of hydrogen-bond acceptors (Lipinski definition) is 4. The second-order valence-electron chi connectivity index (χ2n) is 6.87. The van der Waals surface area contributed by atoms with Crippen molar-refractivity contribution >= 4 is 5.69 Å². The molecule has 0 aliphatic carbocycles. The average Bonchev–Trinajstić information content (AvgIpc) is 2.74. The van der Waals surface area contributed by atoms with Crippen LogP contribution < -0.4 is 24.0 Å². The Morgan fingerprint density at radius 3 is 2.15 bits per heavy atom. The van der Waals surface area contributed by atoms with E-state index in [2.05, 4.69) is 17.0 Å². The molecule has 146 valence electrons. The maximum Gasteiger partial charge on any atom is 0.161 e. The van der Waals surface area contributed by atoms with Crippen LogP contribution in [-0.4, -0.2) is 53.6 Å². The molecular formula is C22H31N2O3+. The molecule has 3 rings (SSSR count). The van der Waals surface area contributed by atoms with Crippen LogP contribution in [-0.2, 0) is 0 Å². The van der Waals surface area contributed by atoms with Gasteiger partial charge >= 0.3 is 0 Å². The molecule has 1 aliphatic rings. The van der Waals surface area contributed by atoms with Crippen LogP contribution in [0.3, 0.4) is 0 Å². The van der Waals surface area contributed by atoms with Crippen LogP contribution in [0.25, 0.3) is 0 Å². The number of nitrogens with zero attached hydrogens (tertiary/aromatic N) is 1. The summed E-state index contributed by atoms with van der Waals surface area (Å²) >= 11 is 0. The van der Waals surface area contributed by atoms with Crippen LogP contribution >= 0.6 is 0 Å². The molecule has 0 bridgehead atoms. The topological polar surface area (TPSA) is 35.4 Å². The van der Waals surface area contributed by atoms with Crippen LogP contribution in [0.4, 0.5) is 5.69 Å². The number of benzene rings is 2. The van der Waals surface area contributed by atoms with Crippen molar-refractivity contribution in [3.63, 3.8) is 0 Å². The van der Waals surface area contributed by atoms with Gasteiger partial charge in [0.1, 0.15) is 5.75 Å². The molecule has 1 saturated heterocycles. The Morgan fingerprint density at radius 2 is 1.44 bits per heavy atom. The second-order valence-corrected chi connectivity index (χ2v) is 6.87. The number of quaternary nitrogens is 1. The Morgan fingerprint density at radius 1 is 0.815 bits per heavy atom. The summed E-state index contributed by atoms with van der Waals surface area (Å²) in [6.07, 6.45) is 2.25. The van der Waals surface area contributed by atoms with Crippen molar-refractivity contribution < 1.29 is 19.1 Å². The Labute approximate surface area is 162 Å². The molecule has 2 aromatic rings. The monoisotopic (exact) mass is 371 g/mol. The normalized spacial score (nSPS) is 14.8. The fourth-order valence-corrected chi connectivity index (χ4v) is 3.60. The van der Waals surface area contributed by atoms with Gasteiger partial charge in [-0.25, -0.2) is 0 Å². The number of ether oxygens (including phenoxy) is 3. The highest BCUT2D eigenvalue weighted by Gasteiger charge is 2.21. The van der Waals surface area contributed by atoms with E-state index in [0.29, 0.717) is 0 Å². The van der Waals surface area contributed by atoms with Crippen molar-refractivity contribution in [2.75, 3.05) is 58.5 Å². The first-order valence-corrected chi connectivity index (χ1v) is 9.79. The Balaban J connectivity index is 1.35. The molecule has 0 amide bonds. The molecule has 1 aliphatic heterocycles. The molecule has 1 N–H and O–H groups in total. The first-order chi connectivity index (χ1) is 13.3. The fourth-order valence-electron chi connectivity index (χ4n) is 3.60. The number of hydrogen-bond donors (Lipinski definition) is 1. The summed E-state index contributed by atoms with van der Waals surface area (Å²) in [7, 11) is 3.42. The molecule has 0 saturated carbocycles. The third kappa shape index (κ3) is 5.30. The van der Waals surface area contributed by atoms with Crippen LogP contribution in [0.15, 0.2) is 48.5 Å². The van der Waals surface area contributed by atoms with Crippen molar-refractivity contribution in [3.05, 3.63) is 48.5 Å². The largest absolute Gasteiger partial charge is 0.495 e. The third-order valence-electron chi connectivity index (χ3n) is 5.15. The van der Waals surface area contributed by atoms with Crippen molar-refractivity contribution in [3.8, 4) is 17.2 Å². The summed E-state index contributed by atoms with van der Waals surface area (Å²) in [6.45, 7) is 6.44.